The first-order valence-electron chi connectivity index (χ1n) is 10.1. The van der Waals surface area contributed by atoms with Crippen LogP contribution in [0, 0.1) is 0 Å². The van der Waals surface area contributed by atoms with Crippen LogP contribution in [0.1, 0.15) is 28.8 Å². The maximum atomic E-state index is 12.8. The second kappa shape index (κ2) is 7.54. The molecule has 5 rings (SSSR count). The van der Waals surface area contributed by atoms with Crippen molar-refractivity contribution < 1.29 is 23.4 Å². The maximum absolute atomic E-state index is 12.8. The number of piperidine rings is 1. The number of methoxy groups -OCH3 is 1. The van der Waals surface area contributed by atoms with Gasteiger partial charge in [-0.05, 0) is 54.6 Å². The summed E-state index contributed by atoms with van der Waals surface area (Å²) in [7, 11) is 1.61. The van der Waals surface area contributed by atoms with E-state index in [1.165, 1.54) is 0 Å². The highest BCUT2D eigenvalue weighted by molar-refractivity contribution is 5.94. The summed E-state index contributed by atoms with van der Waals surface area (Å²) in [4.78, 5) is 14.7. The average Bonchev–Trinajstić information content (AvgIpc) is 3.34. The second-order valence-electron chi connectivity index (χ2n) is 7.62. The van der Waals surface area contributed by atoms with E-state index in [0.29, 0.717) is 38.1 Å². The zero-order valence-electron chi connectivity index (χ0n) is 16.8. The number of benzene rings is 2. The summed E-state index contributed by atoms with van der Waals surface area (Å²) >= 11 is 0. The minimum Gasteiger partial charge on any atom is -0.497 e. The van der Waals surface area contributed by atoms with Crippen LogP contribution in [-0.4, -0.2) is 36.8 Å². The Balaban J connectivity index is 1.25. The molecule has 0 radical (unpaired) electrons. The van der Waals surface area contributed by atoms with Crippen LogP contribution in [0.5, 0.6) is 11.5 Å². The molecule has 1 saturated heterocycles. The van der Waals surface area contributed by atoms with E-state index in [1.807, 2.05) is 35.2 Å². The van der Waals surface area contributed by atoms with E-state index in [4.69, 9.17) is 18.6 Å². The van der Waals surface area contributed by atoms with Gasteiger partial charge >= 0.3 is 0 Å². The molecule has 3 aromatic rings. The van der Waals surface area contributed by atoms with Gasteiger partial charge in [0.25, 0.3) is 5.91 Å². The smallest absolute Gasteiger partial charge is 0.253 e. The molecule has 0 N–H and O–H groups in total. The van der Waals surface area contributed by atoms with Gasteiger partial charge in [0.2, 0.25) is 5.79 Å². The molecular weight excluding hydrogens is 382 g/mol. The van der Waals surface area contributed by atoms with E-state index in [1.54, 1.807) is 37.6 Å². The van der Waals surface area contributed by atoms with Crippen LogP contribution in [0.25, 0.3) is 11.3 Å². The molecule has 1 spiro atoms. The van der Waals surface area contributed by atoms with Crippen LogP contribution in [-0.2, 0) is 11.3 Å². The third kappa shape index (κ3) is 3.44. The lowest BCUT2D eigenvalue weighted by atomic mass is 9.99. The molecule has 0 unspecified atom stereocenters. The number of ether oxygens (including phenoxy) is 3. The van der Waals surface area contributed by atoms with Crippen molar-refractivity contribution in [2.24, 2.45) is 0 Å². The normalized spacial score (nSPS) is 17.3. The van der Waals surface area contributed by atoms with Gasteiger partial charge < -0.3 is 23.5 Å². The highest BCUT2D eigenvalue weighted by Gasteiger charge is 2.42. The number of hydrogen-bond donors (Lipinski definition) is 0. The highest BCUT2D eigenvalue weighted by atomic mass is 16.7. The molecule has 1 aromatic heterocycles. The summed E-state index contributed by atoms with van der Waals surface area (Å²) in [6.07, 6.45) is 2.93. The Morgan fingerprint density at radius 3 is 2.57 bits per heavy atom. The van der Waals surface area contributed by atoms with E-state index < -0.39 is 5.79 Å². The number of furan rings is 1. The van der Waals surface area contributed by atoms with Crippen molar-refractivity contribution in [1.82, 2.24) is 4.90 Å². The lowest BCUT2D eigenvalue weighted by molar-refractivity contribution is -0.225. The predicted octanol–water partition coefficient (Wildman–Crippen LogP) is 4.50. The fraction of sp³-hybridized carbons (Fsp3) is 0.292. The highest BCUT2D eigenvalue weighted by Crippen LogP contribution is 2.39. The molecule has 2 aliphatic heterocycles. The average molecular weight is 405 g/mol. The van der Waals surface area contributed by atoms with Crippen molar-refractivity contribution in [3.05, 3.63) is 72.0 Å². The van der Waals surface area contributed by atoms with Gasteiger partial charge in [0, 0.05) is 42.6 Å². The van der Waals surface area contributed by atoms with Crippen LogP contribution < -0.4 is 9.47 Å². The van der Waals surface area contributed by atoms with Crippen LogP contribution in [0.3, 0.4) is 0 Å². The van der Waals surface area contributed by atoms with Crippen LogP contribution in [0.15, 0.2) is 65.3 Å². The standard InChI is InChI=1S/C24H23NO5/c1-27-20-7-4-17(5-8-20)23(26)25-12-10-24(11-13-25)29-16-19-15-18(6-9-22(19)30-24)21-3-2-14-28-21/h2-9,14-15H,10-13,16H2,1H3. The molecule has 1 fully saturated rings. The quantitative estimate of drug-likeness (QED) is 0.642. The first-order valence-corrected chi connectivity index (χ1v) is 10.1. The Hall–Kier alpha value is -3.25. The minimum atomic E-state index is -0.671. The van der Waals surface area contributed by atoms with E-state index in [-0.39, 0.29) is 5.91 Å². The fourth-order valence-corrected chi connectivity index (χ4v) is 4.04. The van der Waals surface area contributed by atoms with Gasteiger partial charge in [-0.1, -0.05) is 0 Å². The van der Waals surface area contributed by atoms with Crippen LogP contribution >= 0.6 is 0 Å². The number of rotatable bonds is 3. The van der Waals surface area contributed by atoms with Crippen LogP contribution in [0.2, 0.25) is 0 Å². The van der Waals surface area contributed by atoms with Crippen molar-refractivity contribution in [2.75, 3.05) is 20.2 Å². The summed E-state index contributed by atoms with van der Waals surface area (Å²) < 4.78 is 23.1. The van der Waals surface area contributed by atoms with E-state index >= 15 is 0 Å². The van der Waals surface area contributed by atoms with Crippen molar-refractivity contribution in [3.8, 4) is 22.8 Å². The molecule has 154 valence electrons. The summed E-state index contributed by atoms with van der Waals surface area (Å²) in [5, 5.41) is 0. The van der Waals surface area contributed by atoms with Crippen molar-refractivity contribution in [2.45, 2.75) is 25.2 Å². The third-order valence-electron chi connectivity index (χ3n) is 5.80. The third-order valence-corrected chi connectivity index (χ3v) is 5.80. The Labute approximate surface area is 175 Å². The van der Waals surface area contributed by atoms with Crippen molar-refractivity contribution >= 4 is 5.91 Å². The number of carbonyl (C=O) groups excluding carboxylic acids is 1. The van der Waals surface area contributed by atoms with Gasteiger partial charge in [0.1, 0.15) is 17.3 Å². The molecule has 0 saturated carbocycles. The van der Waals surface area contributed by atoms with Crippen molar-refractivity contribution in [1.29, 1.82) is 0 Å². The van der Waals surface area contributed by atoms with E-state index in [9.17, 15) is 4.79 Å². The zero-order chi connectivity index (χ0) is 20.6. The number of hydrogen-bond acceptors (Lipinski definition) is 5. The predicted molar refractivity (Wildman–Crippen MR) is 110 cm³/mol. The molecule has 2 aliphatic rings. The van der Waals surface area contributed by atoms with Crippen LogP contribution in [0.4, 0.5) is 0 Å². The van der Waals surface area contributed by atoms with Gasteiger partial charge in [-0.25, -0.2) is 0 Å². The number of fused-ring (bicyclic) bond motifs is 1. The molecule has 1 amide bonds. The first-order chi connectivity index (χ1) is 14.7. The summed E-state index contributed by atoms with van der Waals surface area (Å²) in [5.41, 5.74) is 2.67. The monoisotopic (exact) mass is 405 g/mol. The van der Waals surface area contributed by atoms with E-state index in [0.717, 1.165) is 28.4 Å². The molecule has 0 aliphatic carbocycles. The zero-order valence-corrected chi connectivity index (χ0v) is 16.8. The van der Waals surface area contributed by atoms with Gasteiger partial charge in [-0.3, -0.25) is 4.79 Å². The molecule has 6 heteroatoms. The summed E-state index contributed by atoms with van der Waals surface area (Å²) in [5.74, 6) is 1.75. The maximum Gasteiger partial charge on any atom is 0.253 e. The number of carbonyl (C=O) groups is 1. The summed E-state index contributed by atoms with van der Waals surface area (Å²) in [6.45, 7) is 1.66. The lowest BCUT2D eigenvalue weighted by Crippen LogP contribution is -2.52. The van der Waals surface area contributed by atoms with Crippen molar-refractivity contribution in [3.63, 3.8) is 0 Å². The number of nitrogens with zero attached hydrogens (tertiary/aromatic N) is 1. The molecule has 2 aromatic carbocycles. The number of amides is 1. The van der Waals surface area contributed by atoms with Gasteiger partial charge in [-0.15, -0.1) is 0 Å². The molecule has 6 nitrogen and oxygen atoms in total. The Kier molecular flexibility index (Phi) is 4.71. The number of likely N-dealkylation sites (tertiary alicyclic amines) is 1. The molecule has 0 bridgehead atoms. The minimum absolute atomic E-state index is 0.0202. The largest absolute Gasteiger partial charge is 0.497 e. The molecular formula is C24H23NO5. The lowest BCUT2D eigenvalue weighted by Gasteiger charge is -2.44. The first kappa shape index (κ1) is 18.8. The van der Waals surface area contributed by atoms with Gasteiger partial charge in [-0.2, -0.15) is 0 Å². The van der Waals surface area contributed by atoms with Gasteiger partial charge in [0.05, 0.1) is 20.0 Å². The molecule has 0 atom stereocenters. The van der Waals surface area contributed by atoms with Gasteiger partial charge in [0.15, 0.2) is 0 Å². The Bertz CT molecular complexity index is 1030. The Morgan fingerprint density at radius 1 is 1.07 bits per heavy atom. The molecule has 30 heavy (non-hydrogen) atoms. The summed E-state index contributed by atoms with van der Waals surface area (Å²) in [6, 6.07) is 17.0. The fourth-order valence-electron chi connectivity index (χ4n) is 4.04. The topological polar surface area (TPSA) is 61.1 Å². The SMILES string of the molecule is COc1ccc(C(=O)N2CCC3(CC2)OCc2cc(-c4ccco4)ccc2O3)cc1. The second-order valence-corrected chi connectivity index (χ2v) is 7.62. The molecule has 3 heterocycles. The Morgan fingerprint density at radius 2 is 1.87 bits per heavy atom. The van der Waals surface area contributed by atoms with E-state index in [2.05, 4.69) is 0 Å².